The zero-order chi connectivity index (χ0) is 21.5. The minimum atomic E-state index is -0.944. The van der Waals surface area contributed by atoms with E-state index >= 15 is 0 Å². The maximum Gasteiger partial charge on any atom is 0.251 e. The number of hydrogen-bond donors (Lipinski definition) is 0. The third-order valence-electron chi connectivity index (χ3n) is 6.15. The lowest BCUT2D eigenvalue weighted by Gasteiger charge is -2.48. The van der Waals surface area contributed by atoms with Gasteiger partial charge < -0.3 is 14.7 Å². The lowest BCUT2D eigenvalue weighted by Crippen LogP contribution is -2.69. The number of carbonyl (C=O) groups excluding carboxylic acids is 2. The van der Waals surface area contributed by atoms with E-state index in [1.54, 1.807) is 15.9 Å². The second-order valence-corrected chi connectivity index (χ2v) is 8.53. The Labute approximate surface area is 176 Å². The minimum Gasteiger partial charge on any atom is -0.354 e. The number of pyridine rings is 1. The van der Waals surface area contributed by atoms with Gasteiger partial charge in [0.25, 0.3) is 5.91 Å². The number of piperazine rings is 1. The molecule has 158 valence electrons. The highest BCUT2D eigenvalue weighted by molar-refractivity contribution is 5.99. The van der Waals surface area contributed by atoms with Crippen LogP contribution in [0.4, 0.5) is 10.2 Å². The Morgan fingerprint density at radius 2 is 1.87 bits per heavy atom. The Morgan fingerprint density at radius 1 is 1.13 bits per heavy atom. The fourth-order valence-electron chi connectivity index (χ4n) is 4.40. The average Bonchev–Trinajstić information content (AvgIpc) is 3.16. The minimum absolute atomic E-state index is 0.0196. The van der Waals surface area contributed by atoms with Crippen molar-refractivity contribution in [2.75, 3.05) is 24.5 Å². The van der Waals surface area contributed by atoms with Gasteiger partial charge in [-0.25, -0.2) is 9.37 Å². The van der Waals surface area contributed by atoms with Gasteiger partial charge in [-0.15, -0.1) is 0 Å². The second-order valence-electron chi connectivity index (χ2n) is 8.53. The zero-order valence-corrected chi connectivity index (χ0v) is 17.6. The van der Waals surface area contributed by atoms with Gasteiger partial charge in [0.2, 0.25) is 5.91 Å². The van der Waals surface area contributed by atoms with Crippen molar-refractivity contribution in [3.63, 3.8) is 0 Å². The molecule has 2 fully saturated rings. The summed E-state index contributed by atoms with van der Waals surface area (Å²) in [5, 5.41) is 0. The average molecular weight is 410 g/mol. The molecule has 0 saturated carbocycles. The third-order valence-corrected chi connectivity index (χ3v) is 6.15. The van der Waals surface area contributed by atoms with Crippen molar-refractivity contribution >= 4 is 17.6 Å². The van der Waals surface area contributed by atoms with Gasteiger partial charge in [-0.05, 0) is 44.9 Å². The Morgan fingerprint density at radius 3 is 2.50 bits per heavy atom. The predicted molar refractivity (Wildman–Crippen MR) is 112 cm³/mol. The fraction of sp³-hybridized carbons (Fsp3) is 0.435. The van der Waals surface area contributed by atoms with E-state index in [9.17, 15) is 14.0 Å². The molecule has 1 aromatic carbocycles. The summed E-state index contributed by atoms with van der Waals surface area (Å²) in [5.74, 6) is 0.153. The Hall–Kier alpha value is -2.96. The molecule has 0 aliphatic carbocycles. The largest absolute Gasteiger partial charge is 0.354 e. The molecular weight excluding hydrogens is 383 g/mol. The molecule has 7 heteroatoms. The highest BCUT2D eigenvalue weighted by Gasteiger charge is 2.56. The van der Waals surface area contributed by atoms with Crippen LogP contribution in [0.15, 0.2) is 42.6 Å². The third kappa shape index (κ3) is 3.53. The van der Waals surface area contributed by atoms with Gasteiger partial charge >= 0.3 is 0 Å². The summed E-state index contributed by atoms with van der Waals surface area (Å²) < 4.78 is 13.3. The lowest BCUT2D eigenvalue weighted by molar-refractivity contribution is -0.166. The van der Waals surface area contributed by atoms with Crippen LogP contribution in [0.5, 0.6) is 0 Å². The van der Waals surface area contributed by atoms with Crippen LogP contribution in [0.25, 0.3) is 0 Å². The van der Waals surface area contributed by atoms with E-state index in [0.717, 1.165) is 11.1 Å². The van der Waals surface area contributed by atoms with Crippen molar-refractivity contribution in [2.24, 2.45) is 0 Å². The highest BCUT2D eigenvalue weighted by atomic mass is 19.1. The van der Waals surface area contributed by atoms with Crippen molar-refractivity contribution in [3.8, 4) is 0 Å². The van der Waals surface area contributed by atoms with E-state index in [0.29, 0.717) is 31.9 Å². The molecule has 6 nitrogen and oxygen atoms in total. The molecule has 0 N–H and O–H groups in total. The van der Waals surface area contributed by atoms with E-state index in [1.807, 2.05) is 49.9 Å². The van der Waals surface area contributed by atoms with Crippen molar-refractivity contribution in [1.82, 2.24) is 14.8 Å². The molecule has 2 aliphatic rings. The summed E-state index contributed by atoms with van der Waals surface area (Å²) in [6.45, 7) is 7.30. The van der Waals surface area contributed by atoms with Crippen LogP contribution >= 0.6 is 0 Å². The maximum atomic E-state index is 13.6. The number of anilines is 1. The first-order valence-corrected chi connectivity index (χ1v) is 10.3. The van der Waals surface area contributed by atoms with Crippen molar-refractivity contribution in [2.45, 2.75) is 45.3 Å². The molecule has 2 aliphatic heterocycles. The lowest BCUT2D eigenvalue weighted by atomic mass is 9.89. The zero-order valence-electron chi connectivity index (χ0n) is 17.6. The number of rotatable bonds is 4. The smallest absolute Gasteiger partial charge is 0.251 e. The number of halogens is 1. The van der Waals surface area contributed by atoms with Gasteiger partial charge in [0.15, 0.2) is 0 Å². The molecule has 0 radical (unpaired) electrons. The quantitative estimate of drug-likeness (QED) is 0.778. The van der Waals surface area contributed by atoms with Crippen LogP contribution in [-0.4, -0.2) is 57.8 Å². The summed E-state index contributed by atoms with van der Waals surface area (Å²) in [6, 6.07) is 11.0. The van der Waals surface area contributed by atoms with E-state index in [1.165, 1.54) is 12.3 Å². The number of aromatic nitrogens is 1. The summed E-state index contributed by atoms with van der Waals surface area (Å²) in [4.78, 5) is 36.4. The topological polar surface area (TPSA) is 56.8 Å². The van der Waals surface area contributed by atoms with Crippen LogP contribution in [0.2, 0.25) is 0 Å². The molecule has 1 unspecified atom stereocenters. The number of aryl methyl sites for hydroxylation is 1. The summed E-state index contributed by atoms with van der Waals surface area (Å²) in [7, 11) is 0. The van der Waals surface area contributed by atoms with Gasteiger partial charge in [-0.2, -0.15) is 0 Å². The SMILES string of the molecule is Cc1ccc(CN2C(=O)CN(C(C)C)C(=O)C23CCN(c2ccc(F)cn2)C3)cc1. The first-order chi connectivity index (χ1) is 14.3. The molecule has 30 heavy (non-hydrogen) atoms. The van der Waals surface area contributed by atoms with Crippen LogP contribution < -0.4 is 4.90 Å². The first kappa shape index (κ1) is 20.3. The standard InChI is InChI=1S/C23H27FN4O2/c1-16(2)27-14-21(29)28(13-18-6-4-17(3)5-7-18)23(22(27)30)10-11-26(15-23)20-9-8-19(24)12-25-20/h4-9,12,16H,10-11,13-15H2,1-3H3. The van der Waals surface area contributed by atoms with Gasteiger partial charge in [0.05, 0.1) is 12.7 Å². The summed E-state index contributed by atoms with van der Waals surface area (Å²) >= 11 is 0. The van der Waals surface area contributed by atoms with Crippen molar-refractivity contribution in [3.05, 3.63) is 59.5 Å². The van der Waals surface area contributed by atoms with Gasteiger partial charge in [-0.1, -0.05) is 29.8 Å². The number of carbonyl (C=O) groups is 2. The van der Waals surface area contributed by atoms with E-state index < -0.39 is 11.4 Å². The Balaban J connectivity index is 1.68. The molecule has 1 spiro atoms. The second kappa shape index (κ2) is 7.70. The number of benzene rings is 1. The molecule has 0 bridgehead atoms. The predicted octanol–water partition coefficient (Wildman–Crippen LogP) is 2.76. The molecule has 4 rings (SSSR count). The molecule has 2 saturated heterocycles. The summed E-state index contributed by atoms with van der Waals surface area (Å²) in [5.41, 5.74) is 1.20. The van der Waals surface area contributed by atoms with E-state index in [-0.39, 0.29) is 24.4 Å². The van der Waals surface area contributed by atoms with Crippen LogP contribution in [0.3, 0.4) is 0 Å². The van der Waals surface area contributed by atoms with E-state index in [2.05, 4.69) is 4.98 Å². The fourth-order valence-corrected chi connectivity index (χ4v) is 4.40. The number of hydrogen-bond acceptors (Lipinski definition) is 4. The molecule has 2 amide bonds. The monoisotopic (exact) mass is 410 g/mol. The van der Waals surface area contributed by atoms with Gasteiger partial charge in [0.1, 0.15) is 23.7 Å². The molecule has 2 aromatic rings. The Kier molecular flexibility index (Phi) is 5.22. The van der Waals surface area contributed by atoms with Gasteiger partial charge in [0, 0.05) is 19.1 Å². The van der Waals surface area contributed by atoms with Crippen molar-refractivity contribution in [1.29, 1.82) is 0 Å². The van der Waals surface area contributed by atoms with Gasteiger partial charge in [-0.3, -0.25) is 9.59 Å². The molecule has 3 heterocycles. The molecule has 1 atom stereocenters. The number of amides is 2. The summed E-state index contributed by atoms with van der Waals surface area (Å²) in [6.07, 6.45) is 1.70. The van der Waals surface area contributed by atoms with E-state index in [4.69, 9.17) is 0 Å². The normalized spacial score (nSPS) is 22.0. The maximum absolute atomic E-state index is 13.6. The van der Waals surface area contributed by atoms with Crippen LogP contribution in [0.1, 0.15) is 31.4 Å². The van der Waals surface area contributed by atoms with Crippen LogP contribution in [0, 0.1) is 12.7 Å². The van der Waals surface area contributed by atoms with Crippen LogP contribution in [-0.2, 0) is 16.1 Å². The molecular formula is C23H27FN4O2. The van der Waals surface area contributed by atoms with Crippen molar-refractivity contribution < 1.29 is 14.0 Å². The highest BCUT2D eigenvalue weighted by Crippen LogP contribution is 2.37. The number of nitrogens with zero attached hydrogens (tertiary/aromatic N) is 4. The first-order valence-electron chi connectivity index (χ1n) is 10.3. The molecule has 1 aromatic heterocycles. The Bertz CT molecular complexity index is 945.